The molecule has 0 spiro atoms. The Bertz CT molecular complexity index is 443. The van der Waals surface area contributed by atoms with Crippen LogP contribution < -0.4 is 0 Å². The number of halogens is 1. The Morgan fingerprint density at radius 1 is 1.36 bits per heavy atom. The maximum Gasteiger partial charge on any atom is 0.208 e. The lowest BCUT2D eigenvalue weighted by atomic mass is 10.1. The van der Waals surface area contributed by atoms with E-state index < -0.39 is 0 Å². The van der Waals surface area contributed by atoms with Crippen molar-refractivity contribution in [1.82, 2.24) is 20.2 Å². The van der Waals surface area contributed by atoms with Crippen molar-refractivity contribution in [1.29, 1.82) is 0 Å². The van der Waals surface area contributed by atoms with Crippen molar-refractivity contribution >= 4 is 0 Å². The molecule has 1 aromatic carbocycles. The summed E-state index contributed by atoms with van der Waals surface area (Å²) in [6.45, 7) is 1.81. The Morgan fingerprint density at radius 2 is 2.14 bits per heavy atom. The first-order chi connectivity index (χ1) is 6.68. The summed E-state index contributed by atoms with van der Waals surface area (Å²) in [6, 6.07) is 4.86. The third-order valence-electron chi connectivity index (χ3n) is 1.95. The Morgan fingerprint density at radius 3 is 2.71 bits per heavy atom. The molecule has 0 bridgehead atoms. The van der Waals surface area contributed by atoms with E-state index in [1.807, 2.05) is 13.0 Å². The number of tetrazole rings is 1. The molecular formula is C9H9FN4. The van der Waals surface area contributed by atoms with E-state index in [1.165, 1.54) is 10.9 Å². The van der Waals surface area contributed by atoms with Crippen molar-refractivity contribution in [3.8, 4) is 11.4 Å². The lowest BCUT2D eigenvalue weighted by molar-refractivity contribution is 0.625. The van der Waals surface area contributed by atoms with Crippen LogP contribution in [0, 0.1) is 12.7 Å². The van der Waals surface area contributed by atoms with Gasteiger partial charge in [-0.15, -0.1) is 10.2 Å². The van der Waals surface area contributed by atoms with Crippen LogP contribution in [-0.4, -0.2) is 20.2 Å². The summed E-state index contributed by atoms with van der Waals surface area (Å²) < 4.78 is 13.4. The summed E-state index contributed by atoms with van der Waals surface area (Å²) in [4.78, 5) is 1.31. The second kappa shape index (κ2) is 3.17. The lowest BCUT2D eigenvalue weighted by Crippen LogP contribution is -1.93. The van der Waals surface area contributed by atoms with Crippen LogP contribution in [0.5, 0.6) is 0 Å². The molecular weight excluding hydrogens is 183 g/mol. The summed E-state index contributed by atoms with van der Waals surface area (Å²) in [7, 11) is 1.65. The van der Waals surface area contributed by atoms with E-state index >= 15 is 0 Å². The van der Waals surface area contributed by atoms with E-state index in [2.05, 4.69) is 15.4 Å². The Hall–Kier alpha value is -1.78. The molecule has 0 fully saturated rings. The zero-order valence-corrected chi connectivity index (χ0v) is 7.90. The zero-order chi connectivity index (χ0) is 10.1. The van der Waals surface area contributed by atoms with Crippen LogP contribution >= 0.6 is 0 Å². The minimum absolute atomic E-state index is 0.321. The molecule has 0 aliphatic rings. The monoisotopic (exact) mass is 192 g/mol. The van der Waals surface area contributed by atoms with Gasteiger partial charge < -0.3 is 0 Å². The number of rotatable bonds is 1. The second-order valence-electron chi connectivity index (χ2n) is 3.03. The highest BCUT2D eigenvalue weighted by molar-refractivity contribution is 5.59. The van der Waals surface area contributed by atoms with Crippen molar-refractivity contribution < 1.29 is 4.39 Å². The molecule has 0 N–H and O–H groups in total. The standard InChI is InChI=1S/C9H9FN4/c1-6-4-3-5-7(10)8(6)9-11-13-14(2)12-9/h3-5H,1-2H3. The van der Waals surface area contributed by atoms with Crippen molar-refractivity contribution in [2.45, 2.75) is 6.92 Å². The maximum absolute atomic E-state index is 13.4. The van der Waals surface area contributed by atoms with Gasteiger partial charge in [-0.2, -0.15) is 4.80 Å². The molecule has 1 aromatic heterocycles. The van der Waals surface area contributed by atoms with Gasteiger partial charge in [0.15, 0.2) is 0 Å². The average molecular weight is 192 g/mol. The minimum atomic E-state index is -0.321. The van der Waals surface area contributed by atoms with Gasteiger partial charge in [-0.1, -0.05) is 12.1 Å². The van der Waals surface area contributed by atoms with Gasteiger partial charge in [-0.3, -0.25) is 0 Å². The van der Waals surface area contributed by atoms with Gasteiger partial charge in [0.05, 0.1) is 12.6 Å². The summed E-state index contributed by atoms with van der Waals surface area (Å²) >= 11 is 0. The molecule has 72 valence electrons. The van der Waals surface area contributed by atoms with E-state index in [0.717, 1.165) is 5.56 Å². The van der Waals surface area contributed by atoms with Gasteiger partial charge in [-0.25, -0.2) is 4.39 Å². The van der Waals surface area contributed by atoms with Gasteiger partial charge in [0.25, 0.3) is 0 Å². The molecule has 14 heavy (non-hydrogen) atoms. The summed E-state index contributed by atoms with van der Waals surface area (Å²) in [5.41, 5.74) is 1.22. The van der Waals surface area contributed by atoms with E-state index in [4.69, 9.17) is 0 Å². The van der Waals surface area contributed by atoms with Crippen LogP contribution in [0.25, 0.3) is 11.4 Å². The molecule has 0 amide bonds. The van der Waals surface area contributed by atoms with Crippen molar-refractivity contribution in [2.75, 3.05) is 0 Å². The number of aromatic nitrogens is 4. The molecule has 0 unspecified atom stereocenters. The fraction of sp³-hybridized carbons (Fsp3) is 0.222. The quantitative estimate of drug-likeness (QED) is 0.684. The molecule has 4 nitrogen and oxygen atoms in total. The number of hydrogen-bond acceptors (Lipinski definition) is 3. The number of benzene rings is 1. The van der Waals surface area contributed by atoms with E-state index in [9.17, 15) is 4.39 Å². The fourth-order valence-corrected chi connectivity index (χ4v) is 1.30. The van der Waals surface area contributed by atoms with Gasteiger partial charge in [0.1, 0.15) is 5.82 Å². The first-order valence-corrected chi connectivity index (χ1v) is 4.18. The van der Waals surface area contributed by atoms with Gasteiger partial charge in [0, 0.05) is 0 Å². The van der Waals surface area contributed by atoms with Gasteiger partial charge >= 0.3 is 0 Å². The first kappa shape index (κ1) is 8.80. The predicted octanol–water partition coefficient (Wildman–Crippen LogP) is 1.32. The molecule has 0 saturated carbocycles. The number of hydrogen-bond donors (Lipinski definition) is 0. The van der Waals surface area contributed by atoms with Crippen LogP contribution in [0.15, 0.2) is 18.2 Å². The lowest BCUT2D eigenvalue weighted by Gasteiger charge is -2.00. The molecule has 5 heteroatoms. The van der Waals surface area contributed by atoms with E-state index in [-0.39, 0.29) is 5.82 Å². The summed E-state index contributed by atoms with van der Waals surface area (Å²) in [5, 5.41) is 11.4. The largest absolute Gasteiger partial charge is 0.208 e. The molecule has 1 heterocycles. The van der Waals surface area contributed by atoms with E-state index in [1.54, 1.807) is 13.1 Å². The third-order valence-corrected chi connectivity index (χ3v) is 1.95. The highest BCUT2D eigenvalue weighted by atomic mass is 19.1. The molecule has 0 atom stereocenters. The van der Waals surface area contributed by atoms with Crippen LogP contribution in [0.1, 0.15) is 5.56 Å². The average Bonchev–Trinajstić information content (AvgIpc) is 2.51. The summed E-state index contributed by atoms with van der Waals surface area (Å²) in [6.07, 6.45) is 0. The van der Waals surface area contributed by atoms with Crippen LogP contribution in [0.2, 0.25) is 0 Å². The molecule has 2 aromatic rings. The fourth-order valence-electron chi connectivity index (χ4n) is 1.30. The Kier molecular flexibility index (Phi) is 1.99. The van der Waals surface area contributed by atoms with E-state index in [0.29, 0.717) is 11.4 Å². The van der Waals surface area contributed by atoms with Crippen molar-refractivity contribution in [3.05, 3.63) is 29.6 Å². The molecule has 0 saturated heterocycles. The summed E-state index contributed by atoms with van der Waals surface area (Å²) in [5.74, 6) is 0.00102. The van der Waals surface area contributed by atoms with Gasteiger partial charge in [0.2, 0.25) is 5.82 Å². The maximum atomic E-state index is 13.4. The topological polar surface area (TPSA) is 43.6 Å². The molecule has 0 aliphatic heterocycles. The molecule has 0 aliphatic carbocycles. The van der Waals surface area contributed by atoms with Crippen molar-refractivity contribution in [3.63, 3.8) is 0 Å². The molecule has 2 rings (SSSR count). The van der Waals surface area contributed by atoms with Gasteiger partial charge in [-0.05, 0) is 23.8 Å². The van der Waals surface area contributed by atoms with Crippen LogP contribution in [-0.2, 0) is 7.05 Å². The smallest absolute Gasteiger partial charge is 0.206 e. The van der Waals surface area contributed by atoms with Crippen LogP contribution in [0.3, 0.4) is 0 Å². The molecule has 0 radical (unpaired) electrons. The number of aryl methyl sites for hydroxylation is 2. The van der Waals surface area contributed by atoms with Crippen LogP contribution in [0.4, 0.5) is 4.39 Å². The second-order valence-corrected chi connectivity index (χ2v) is 3.03. The first-order valence-electron chi connectivity index (χ1n) is 4.18. The third kappa shape index (κ3) is 1.37. The van der Waals surface area contributed by atoms with Crippen molar-refractivity contribution in [2.24, 2.45) is 7.05 Å². The highest BCUT2D eigenvalue weighted by Gasteiger charge is 2.12. The Labute approximate surface area is 80.4 Å². The highest BCUT2D eigenvalue weighted by Crippen LogP contribution is 2.21. The minimum Gasteiger partial charge on any atom is -0.206 e. The SMILES string of the molecule is Cc1cccc(F)c1-c1nnn(C)n1. The normalized spacial score (nSPS) is 10.5. The number of nitrogens with zero attached hydrogens (tertiary/aromatic N) is 4. The Balaban J connectivity index is 2.61. The predicted molar refractivity (Wildman–Crippen MR) is 48.9 cm³/mol. The zero-order valence-electron chi connectivity index (χ0n) is 7.90.